The van der Waals surface area contributed by atoms with Gasteiger partial charge in [0.15, 0.2) is 0 Å². The van der Waals surface area contributed by atoms with Crippen LogP contribution >= 0.6 is 0 Å². The van der Waals surface area contributed by atoms with Gasteiger partial charge in [-0.2, -0.15) is 0 Å². The molecule has 1 aromatic carbocycles. The summed E-state index contributed by atoms with van der Waals surface area (Å²) >= 11 is 0. The summed E-state index contributed by atoms with van der Waals surface area (Å²) in [5.74, 6) is 0.301. The van der Waals surface area contributed by atoms with E-state index in [-0.39, 0.29) is 22.8 Å². The van der Waals surface area contributed by atoms with E-state index in [0.717, 1.165) is 56.4 Å². The van der Waals surface area contributed by atoms with Crippen molar-refractivity contribution in [2.24, 2.45) is 5.92 Å². The van der Waals surface area contributed by atoms with E-state index in [0.29, 0.717) is 12.6 Å². The molecular weight excluding hydrogens is 398 g/mol. The Morgan fingerprint density at radius 3 is 2.37 bits per heavy atom. The number of nitrogens with zero attached hydrogens (tertiary/aromatic N) is 2. The Balaban J connectivity index is 1.24. The maximum atomic E-state index is 13.1. The number of carbonyl (C=O) groups excluding carboxylic acids is 1. The molecule has 1 aromatic rings. The summed E-state index contributed by atoms with van der Waals surface area (Å²) in [6.45, 7) is 2.62. The molecule has 2 aliphatic heterocycles. The highest BCUT2D eigenvalue weighted by molar-refractivity contribution is 7.89. The fourth-order valence-electron chi connectivity index (χ4n) is 5.42. The van der Waals surface area contributed by atoms with E-state index in [1.54, 1.807) is 17.0 Å². The molecule has 30 heavy (non-hydrogen) atoms. The lowest BCUT2D eigenvalue weighted by Crippen LogP contribution is -2.48. The average Bonchev–Trinajstić information content (AvgIpc) is 3.53. The quantitative estimate of drug-likeness (QED) is 0.778. The standard InChI is InChI=1S/C23H33N3O3S/c27-23(18-6-7-18)26-15-10-17-8-9-21(16-22(17)26)30(28,29)24-19-11-13-25(14-12-19)20-4-2-1-3-5-20/h8-9,16,18-20,24H,1-7,10-15H2. The first-order valence-electron chi connectivity index (χ1n) is 11.7. The summed E-state index contributed by atoms with van der Waals surface area (Å²) in [5.41, 5.74) is 1.87. The lowest BCUT2D eigenvalue weighted by Gasteiger charge is -2.39. The van der Waals surface area contributed by atoms with Gasteiger partial charge in [-0.1, -0.05) is 25.3 Å². The second-order valence-corrected chi connectivity index (χ2v) is 11.2. The van der Waals surface area contributed by atoms with Gasteiger partial charge in [-0.05, 0) is 75.7 Å². The highest BCUT2D eigenvalue weighted by atomic mass is 32.2. The molecule has 2 saturated carbocycles. The lowest BCUT2D eigenvalue weighted by atomic mass is 9.92. The number of sulfonamides is 1. The van der Waals surface area contributed by atoms with Crippen molar-refractivity contribution in [1.29, 1.82) is 0 Å². The van der Waals surface area contributed by atoms with E-state index in [1.165, 1.54) is 32.1 Å². The van der Waals surface area contributed by atoms with E-state index < -0.39 is 10.0 Å². The molecule has 6 nitrogen and oxygen atoms in total. The number of anilines is 1. The van der Waals surface area contributed by atoms with Gasteiger partial charge in [0.05, 0.1) is 4.90 Å². The van der Waals surface area contributed by atoms with Gasteiger partial charge in [0.1, 0.15) is 0 Å². The average molecular weight is 432 g/mol. The molecule has 3 fully saturated rings. The predicted molar refractivity (Wildman–Crippen MR) is 117 cm³/mol. The van der Waals surface area contributed by atoms with Gasteiger partial charge in [-0.3, -0.25) is 4.79 Å². The molecule has 2 aliphatic carbocycles. The number of hydrogen-bond donors (Lipinski definition) is 1. The molecule has 0 spiro atoms. The van der Waals surface area contributed by atoms with Gasteiger partial charge in [-0.15, -0.1) is 0 Å². The Bertz CT molecular complexity index is 898. The van der Waals surface area contributed by atoms with Crippen LogP contribution in [0.1, 0.15) is 63.4 Å². The van der Waals surface area contributed by atoms with Crippen molar-refractivity contribution in [2.75, 3.05) is 24.5 Å². The Labute approximate surface area is 180 Å². The largest absolute Gasteiger partial charge is 0.312 e. The fourth-order valence-corrected chi connectivity index (χ4v) is 6.75. The number of fused-ring (bicyclic) bond motifs is 1. The van der Waals surface area contributed by atoms with Crippen LogP contribution in [0.3, 0.4) is 0 Å². The van der Waals surface area contributed by atoms with Gasteiger partial charge >= 0.3 is 0 Å². The Morgan fingerprint density at radius 2 is 1.67 bits per heavy atom. The highest BCUT2D eigenvalue weighted by Gasteiger charge is 2.37. The first-order chi connectivity index (χ1) is 14.5. The van der Waals surface area contributed by atoms with Crippen LogP contribution in [-0.4, -0.2) is 50.9 Å². The number of amides is 1. The molecule has 0 aromatic heterocycles. The van der Waals surface area contributed by atoms with Crippen molar-refractivity contribution in [3.05, 3.63) is 23.8 Å². The molecular formula is C23H33N3O3S. The summed E-state index contributed by atoms with van der Waals surface area (Å²) in [5, 5.41) is 0. The summed E-state index contributed by atoms with van der Waals surface area (Å²) in [6, 6.07) is 5.98. The first-order valence-corrected chi connectivity index (χ1v) is 13.2. The minimum atomic E-state index is -3.58. The first kappa shape index (κ1) is 20.5. The molecule has 1 amide bonds. The second-order valence-electron chi connectivity index (χ2n) is 9.53. The number of carbonyl (C=O) groups is 1. The maximum Gasteiger partial charge on any atom is 0.240 e. The van der Waals surface area contributed by atoms with Crippen LogP contribution in [0.25, 0.3) is 0 Å². The third kappa shape index (κ3) is 4.16. The monoisotopic (exact) mass is 431 g/mol. The number of hydrogen-bond acceptors (Lipinski definition) is 4. The van der Waals surface area contributed by atoms with Crippen LogP contribution in [0.2, 0.25) is 0 Å². The van der Waals surface area contributed by atoms with E-state index in [4.69, 9.17) is 0 Å². The maximum absolute atomic E-state index is 13.1. The molecule has 1 saturated heterocycles. The molecule has 0 bridgehead atoms. The van der Waals surface area contributed by atoms with Crippen molar-refractivity contribution >= 4 is 21.6 Å². The van der Waals surface area contributed by atoms with Gasteiger partial charge in [0.2, 0.25) is 15.9 Å². The molecule has 1 N–H and O–H groups in total. The van der Waals surface area contributed by atoms with Crippen LogP contribution in [0.15, 0.2) is 23.1 Å². The van der Waals surface area contributed by atoms with Gasteiger partial charge in [-0.25, -0.2) is 13.1 Å². The van der Waals surface area contributed by atoms with Gasteiger partial charge in [0, 0.05) is 30.2 Å². The molecule has 2 heterocycles. The number of nitrogens with one attached hydrogen (secondary N) is 1. The molecule has 4 aliphatic rings. The molecule has 7 heteroatoms. The van der Waals surface area contributed by atoms with Crippen LogP contribution < -0.4 is 9.62 Å². The zero-order chi connectivity index (χ0) is 20.7. The molecule has 0 radical (unpaired) electrons. The van der Waals surface area contributed by atoms with Crippen molar-refractivity contribution in [3.8, 4) is 0 Å². The Hall–Kier alpha value is -1.44. The zero-order valence-electron chi connectivity index (χ0n) is 17.7. The van der Waals surface area contributed by atoms with Gasteiger partial charge in [0.25, 0.3) is 0 Å². The van der Waals surface area contributed by atoms with Gasteiger partial charge < -0.3 is 9.80 Å². The number of piperidine rings is 1. The number of rotatable bonds is 5. The highest BCUT2D eigenvalue weighted by Crippen LogP contribution is 2.37. The van der Waals surface area contributed by atoms with Crippen molar-refractivity contribution in [3.63, 3.8) is 0 Å². The molecule has 0 atom stereocenters. The second kappa shape index (κ2) is 8.24. The minimum Gasteiger partial charge on any atom is -0.312 e. The number of benzene rings is 1. The molecule has 164 valence electrons. The normalized spacial score (nSPS) is 24.2. The lowest BCUT2D eigenvalue weighted by molar-refractivity contribution is -0.119. The molecule has 5 rings (SSSR count). The third-order valence-electron chi connectivity index (χ3n) is 7.40. The minimum absolute atomic E-state index is 0.00714. The van der Waals surface area contributed by atoms with Crippen LogP contribution in [0.5, 0.6) is 0 Å². The fraction of sp³-hybridized carbons (Fsp3) is 0.696. The SMILES string of the molecule is O=C(C1CC1)N1CCc2ccc(S(=O)(=O)NC3CCN(C4CCCCC4)CC3)cc21. The topological polar surface area (TPSA) is 69.7 Å². The number of likely N-dealkylation sites (tertiary alicyclic amines) is 1. The Morgan fingerprint density at radius 1 is 0.933 bits per heavy atom. The summed E-state index contributed by atoms with van der Waals surface area (Å²) in [6.07, 6.45) is 11.1. The summed E-state index contributed by atoms with van der Waals surface area (Å²) in [4.78, 5) is 17.2. The van der Waals surface area contributed by atoms with E-state index in [2.05, 4.69) is 9.62 Å². The Kier molecular flexibility index (Phi) is 5.62. The van der Waals surface area contributed by atoms with Crippen molar-refractivity contribution in [2.45, 2.75) is 81.2 Å². The van der Waals surface area contributed by atoms with Crippen LogP contribution in [-0.2, 0) is 21.2 Å². The van der Waals surface area contributed by atoms with E-state index in [9.17, 15) is 13.2 Å². The van der Waals surface area contributed by atoms with Crippen LogP contribution in [0, 0.1) is 5.92 Å². The summed E-state index contributed by atoms with van der Waals surface area (Å²) < 4.78 is 29.1. The zero-order valence-corrected chi connectivity index (χ0v) is 18.5. The van der Waals surface area contributed by atoms with Crippen LogP contribution in [0.4, 0.5) is 5.69 Å². The smallest absolute Gasteiger partial charge is 0.240 e. The summed E-state index contributed by atoms with van der Waals surface area (Å²) in [7, 11) is -3.58. The third-order valence-corrected chi connectivity index (χ3v) is 8.92. The molecule has 0 unspecified atom stereocenters. The van der Waals surface area contributed by atoms with E-state index in [1.807, 2.05) is 6.07 Å². The van der Waals surface area contributed by atoms with Crippen molar-refractivity contribution in [1.82, 2.24) is 9.62 Å². The van der Waals surface area contributed by atoms with E-state index >= 15 is 0 Å². The van der Waals surface area contributed by atoms with Crippen molar-refractivity contribution < 1.29 is 13.2 Å². The predicted octanol–water partition coefficient (Wildman–Crippen LogP) is 3.06.